The van der Waals surface area contributed by atoms with E-state index in [0.29, 0.717) is 25.8 Å². The van der Waals surface area contributed by atoms with Gasteiger partial charge in [0.25, 0.3) is 0 Å². The Hall–Kier alpha value is -0.149. The predicted octanol–water partition coefficient (Wildman–Crippen LogP) is 1.65. The van der Waals surface area contributed by atoms with Crippen molar-refractivity contribution in [1.82, 2.24) is 4.23 Å². The van der Waals surface area contributed by atoms with Gasteiger partial charge < -0.3 is 33.5 Å². The third-order valence-corrected chi connectivity index (χ3v) is 17.2. The van der Waals surface area contributed by atoms with E-state index in [1.54, 1.807) is 0 Å². The molecule has 0 heterocycles. The molecule has 0 saturated carbocycles. The normalized spacial score (nSPS) is 13.7. The summed E-state index contributed by atoms with van der Waals surface area (Å²) in [6.07, 6.45) is 1.45. The molecule has 0 rings (SSSR count). The van der Waals surface area contributed by atoms with Crippen molar-refractivity contribution in [2.45, 2.75) is 43.9 Å². The summed E-state index contributed by atoms with van der Waals surface area (Å²) in [6, 6.07) is 0. The van der Waals surface area contributed by atoms with E-state index in [9.17, 15) is 10.2 Å². The zero-order valence-corrected chi connectivity index (χ0v) is 22.2. The Labute approximate surface area is 176 Å². The van der Waals surface area contributed by atoms with Crippen LogP contribution >= 0.6 is 0 Å². The van der Waals surface area contributed by atoms with E-state index in [1.807, 2.05) is 0 Å². The van der Waals surface area contributed by atoms with Crippen LogP contribution in [0.3, 0.4) is 0 Å². The highest BCUT2D eigenvalue weighted by Crippen LogP contribution is 2.48. The number of hydrogen-bond acceptors (Lipinski definition) is 7. The van der Waals surface area contributed by atoms with E-state index in [0.717, 1.165) is 0 Å². The second kappa shape index (κ2) is 14.8. The first-order chi connectivity index (χ1) is 13.1. The van der Waals surface area contributed by atoms with Crippen molar-refractivity contribution in [1.29, 1.82) is 0 Å². The SMILES string of the molecule is C=C[SiH](C)N(C)[Si](C)(C)C=C.CO[Si](OC)(OC)C(CCN)(CCO)CCO. The molecule has 0 aromatic carbocycles. The number of hydrogen-bond donors (Lipinski definition) is 3. The van der Waals surface area contributed by atoms with Crippen LogP contribution in [0.4, 0.5) is 0 Å². The van der Waals surface area contributed by atoms with Crippen molar-refractivity contribution in [2.75, 3.05) is 48.1 Å². The fraction of sp³-hybridized carbons (Fsp3) is 0.778. The zero-order valence-electron chi connectivity index (χ0n) is 19.0. The van der Waals surface area contributed by atoms with Crippen LogP contribution in [-0.2, 0) is 13.3 Å². The smallest absolute Gasteiger partial charge is 0.396 e. The van der Waals surface area contributed by atoms with Crippen molar-refractivity contribution in [3.8, 4) is 0 Å². The molecule has 10 heteroatoms. The van der Waals surface area contributed by atoms with E-state index in [1.165, 1.54) is 21.3 Å². The molecule has 0 fully saturated rings. The van der Waals surface area contributed by atoms with Crippen LogP contribution in [0.5, 0.6) is 0 Å². The van der Waals surface area contributed by atoms with Gasteiger partial charge >= 0.3 is 8.80 Å². The molecule has 168 valence electrons. The second-order valence-electron chi connectivity index (χ2n) is 7.38. The maximum atomic E-state index is 9.24. The molecule has 0 aromatic rings. The highest BCUT2D eigenvalue weighted by Gasteiger charge is 2.58. The molecule has 0 bridgehead atoms. The zero-order chi connectivity index (χ0) is 22.4. The summed E-state index contributed by atoms with van der Waals surface area (Å²) < 4.78 is 18.9. The molecule has 7 nitrogen and oxygen atoms in total. The minimum absolute atomic E-state index is 0.0230. The van der Waals surface area contributed by atoms with Crippen LogP contribution in [0.25, 0.3) is 0 Å². The Kier molecular flexibility index (Phi) is 15.9. The molecule has 0 spiro atoms. The summed E-state index contributed by atoms with van der Waals surface area (Å²) in [5.74, 6) is 0. The minimum atomic E-state index is -2.96. The van der Waals surface area contributed by atoms with E-state index < -0.39 is 31.0 Å². The summed E-state index contributed by atoms with van der Waals surface area (Å²) in [6.45, 7) is 15.0. The predicted molar refractivity (Wildman–Crippen MR) is 125 cm³/mol. The number of aliphatic hydroxyl groups is 2. The second-order valence-corrected chi connectivity index (χ2v) is 18.4. The molecule has 28 heavy (non-hydrogen) atoms. The summed E-state index contributed by atoms with van der Waals surface area (Å²) in [7, 11) is 1.71. The molecule has 1 atom stereocenters. The quantitative estimate of drug-likeness (QED) is 0.345. The van der Waals surface area contributed by atoms with Gasteiger partial charge in [-0.15, -0.1) is 13.2 Å². The minimum Gasteiger partial charge on any atom is -0.396 e. The Morgan fingerprint density at radius 1 is 1.04 bits per heavy atom. The highest BCUT2D eigenvalue weighted by molar-refractivity contribution is 6.88. The maximum absolute atomic E-state index is 9.24. The average molecular weight is 453 g/mol. The lowest BCUT2D eigenvalue weighted by Gasteiger charge is -2.43. The molecule has 0 aliphatic heterocycles. The molecule has 0 aliphatic rings. The topological polar surface area (TPSA) is 97.4 Å². The van der Waals surface area contributed by atoms with Crippen molar-refractivity contribution in [3.05, 3.63) is 24.6 Å². The Morgan fingerprint density at radius 2 is 1.46 bits per heavy atom. The molecule has 0 radical (unpaired) electrons. The average Bonchev–Trinajstić information content (AvgIpc) is 2.69. The fourth-order valence-electron chi connectivity index (χ4n) is 3.27. The van der Waals surface area contributed by atoms with Gasteiger partial charge in [0.05, 0.1) is 0 Å². The van der Waals surface area contributed by atoms with Gasteiger partial charge in [0.2, 0.25) is 0 Å². The lowest BCUT2D eigenvalue weighted by atomic mass is 9.97. The van der Waals surface area contributed by atoms with Crippen molar-refractivity contribution >= 4 is 26.0 Å². The first kappa shape index (κ1) is 30.0. The lowest BCUT2D eigenvalue weighted by Crippen LogP contribution is -2.56. The van der Waals surface area contributed by atoms with Gasteiger partial charge in [-0.05, 0) is 32.9 Å². The standard InChI is InChI=1S/C10H25NO5Si.C8H19NSi2/c1-14-17(15-2,16-3)10(4-7-11,5-8-12)6-9-13;1-7-10(4)9(3)11(5,6)8-2/h12-13H,4-9,11H2,1-3H3;7-8,10H,1-2H2,3-6H3. The molecule has 0 aliphatic carbocycles. The van der Waals surface area contributed by atoms with Crippen LogP contribution in [0, 0.1) is 0 Å². The van der Waals surface area contributed by atoms with Gasteiger partial charge in [-0.3, -0.25) is 0 Å². The van der Waals surface area contributed by atoms with Crippen LogP contribution < -0.4 is 5.73 Å². The van der Waals surface area contributed by atoms with Gasteiger partial charge in [-0.2, -0.15) is 0 Å². The lowest BCUT2D eigenvalue weighted by molar-refractivity contribution is 0.0669. The Bertz CT molecular complexity index is 412. The Balaban J connectivity index is 0. The van der Waals surface area contributed by atoms with E-state index in [2.05, 4.69) is 55.5 Å². The van der Waals surface area contributed by atoms with Crippen LogP contribution in [0.15, 0.2) is 24.6 Å². The fourth-order valence-corrected chi connectivity index (χ4v) is 11.8. The molecule has 4 N–H and O–H groups in total. The maximum Gasteiger partial charge on any atom is 0.506 e. The molecule has 1 unspecified atom stereocenters. The Morgan fingerprint density at radius 3 is 1.71 bits per heavy atom. The summed E-state index contributed by atoms with van der Waals surface area (Å²) in [5.41, 5.74) is 9.86. The summed E-state index contributed by atoms with van der Waals surface area (Å²) in [5, 5.41) is 17.9. The number of rotatable bonds is 14. The monoisotopic (exact) mass is 452 g/mol. The molecular formula is C18H44N2O5Si3. The van der Waals surface area contributed by atoms with E-state index in [-0.39, 0.29) is 13.2 Å². The molecule has 0 aromatic heterocycles. The van der Waals surface area contributed by atoms with Gasteiger partial charge in [0.1, 0.15) is 17.2 Å². The van der Waals surface area contributed by atoms with E-state index >= 15 is 0 Å². The highest BCUT2D eigenvalue weighted by atomic mass is 28.4. The van der Waals surface area contributed by atoms with E-state index in [4.69, 9.17) is 19.0 Å². The first-order valence-corrected chi connectivity index (χ1v) is 16.7. The van der Waals surface area contributed by atoms with Gasteiger partial charge in [0.15, 0.2) is 0 Å². The van der Waals surface area contributed by atoms with Crippen LogP contribution in [0.2, 0.25) is 24.7 Å². The van der Waals surface area contributed by atoms with Gasteiger partial charge in [-0.25, -0.2) is 0 Å². The van der Waals surface area contributed by atoms with Gasteiger partial charge in [-0.1, -0.05) is 31.0 Å². The molecular weight excluding hydrogens is 408 g/mol. The molecule has 0 amide bonds. The number of nitrogens with zero attached hydrogens (tertiary/aromatic N) is 1. The summed E-state index contributed by atoms with van der Waals surface area (Å²) >= 11 is 0. The van der Waals surface area contributed by atoms with Gasteiger partial charge in [0, 0.05) is 39.6 Å². The molecule has 0 saturated heterocycles. The van der Waals surface area contributed by atoms with Crippen molar-refractivity contribution < 1.29 is 23.5 Å². The largest absolute Gasteiger partial charge is 0.506 e. The van der Waals surface area contributed by atoms with Crippen molar-refractivity contribution in [3.63, 3.8) is 0 Å². The third kappa shape index (κ3) is 7.94. The number of nitrogens with two attached hydrogens (primary N) is 1. The van der Waals surface area contributed by atoms with Crippen LogP contribution in [0.1, 0.15) is 19.3 Å². The van der Waals surface area contributed by atoms with Crippen molar-refractivity contribution in [2.24, 2.45) is 5.73 Å². The summed E-state index contributed by atoms with van der Waals surface area (Å²) in [4.78, 5) is 0. The third-order valence-electron chi connectivity index (χ3n) is 5.62. The number of aliphatic hydroxyl groups excluding tert-OH is 2. The van der Waals surface area contributed by atoms with Crippen LogP contribution in [-0.4, -0.2) is 88.6 Å². The first-order valence-electron chi connectivity index (χ1n) is 9.63.